The Balaban J connectivity index is 1.20. The molecular weight excluding hydrogens is 568 g/mol. The second kappa shape index (κ2) is 12.5. The van der Waals surface area contributed by atoms with Crippen LogP contribution in [0.4, 0.5) is 0 Å². The van der Waals surface area contributed by atoms with Gasteiger partial charge in [-0.15, -0.1) is 11.3 Å². The van der Waals surface area contributed by atoms with Gasteiger partial charge in [0.05, 0.1) is 24.1 Å². The minimum absolute atomic E-state index is 0.258. The quantitative estimate of drug-likeness (QED) is 0.112. The number of aryl methyl sites for hydroxylation is 3. The predicted octanol–water partition coefficient (Wildman–Crippen LogP) is 7.74. The van der Waals surface area contributed by atoms with Crippen LogP contribution in [0, 0.1) is 20.8 Å². The van der Waals surface area contributed by atoms with E-state index >= 15 is 0 Å². The summed E-state index contributed by atoms with van der Waals surface area (Å²) in [5.74, 6) is -0.546. The number of hydrazone groups is 1. The maximum absolute atomic E-state index is 13.1. The standard InChI is InChI=1S/C36H36N4O3S/c1-5-43-36(42)33-30-13-9-10-14-32(30)44-35(33)39-24(3)21-28(25(39)4)22-37-38-34(41)27-16-18-29(19-17-27)40-23(2)15-20-31(40)26-11-7-6-8-12-26/h6-8,11-12,15-22H,5,9-10,13-14H2,1-4H3,(H,38,41)/b37-22+. The van der Waals surface area contributed by atoms with Crippen LogP contribution >= 0.6 is 11.3 Å². The lowest BCUT2D eigenvalue weighted by Crippen LogP contribution is -2.17. The fraction of sp³-hybridized carbons (Fsp3) is 0.250. The molecule has 6 rings (SSSR count). The molecule has 0 radical (unpaired) electrons. The number of hydrogen-bond acceptors (Lipinski definition) is 5. The summed E-state index contributed by atoms with van der Waals surface area (Å²) in [6, 6.07) is 24.0. The maximum Gasteiger partial charge on any atom is 0.341 e. The van der Waals surface area contributed by atoms with Crippen LogP contribution in [-0.4, -0.2) is 33.8 Å². The number of benzene rings is 2. The minimum Gasteiger partial charge on any atom is -0.462 e. The molecule has 1 N–H and O–H groups in total. The Morgan fingerprint density at radius 2 is 1.68 bits per heavy atom. The van der Waals surface area contributed by atoms with Gasteiger partial charge in [-0.1, -0.05) is 30.3 Å². The largest absolute Gasteiger partial charge is 0.462 e. The molecule has 2 aromatic carbocycles. The van der Waals surface area contributed by atoms with Crippen molar-refractivity contribution in [1.29, 1.82) is 0 Å². The van der Waals surface area contributed by atoms with E-state index in [4.69, 9.17) is 4.74 Å². The number of rotatable bonds is 8. The van der Waals surface area contributed by atoms with E-state index in [0.717, 1.165) is 75.8 Å². The molecule has 0 atom stereocenters. The number of thiophene rings is 1. The molecule has 0 unspecified atom stereocenters. The Labute approximate surface area is 261 Å². The van der Waals surface area contributed by atoms with Crippen molar-refractivity contribution in [3.8, 4) is 21.9 Å². The molecule has 5 aromatic rings. The van der Waals surface area contributed by atoms with Crippen LogP contribution < -0.4 is 5.43 Å². The van der Waals surface area contributed by atoms with E-state index in [2.05, 4.69) is 50.9 Å². The second-order valence-corrected chi connectivity index (χ2v) is 12.2. The third-order valence-electron chi connectivity index (χ3n) is 8.21. The molecular formula is C36H36N4O3S. The number of esters is 1. The summed E-state index contributed by atoms with van der Waals surface area (Å²) in [7, 11) is 0. The molecule has 0 bridgehead atoms. The molecule has 0 fully saturated rings. The summed E-state index contributed by atoms with van der Waals surface area (Å²) >= 11 is 1.68. The van der Waals surface area contributed by atoms with Gasteiger partial charge in [0.1, 0.15) is 5.00 Å². The van der Waals surface area contributed by atoms with Crippen molar-refractivity contribution in [3.05, 3.63) is 117 Å². The highest BCUT2D eigenvalue weighted by molar-refractivity contribution is 7.15. The van der Waals surface area contributed by atoms with Gasteiger partial charge in [-0.25, -0.2) is 10.2 Å². The Morgan fingerprint density at radius 3 is 2.43 bits per heavy atom. The molecule has 0 saturated carbocycles. The molecule has 1 aliphatic rings. The van der Waals surface area contributed by atoms with Gasteiger partial charge in [-0.05, 0) is 107 Å². The average molecular weight is 605 g/mol. The number of nitrogens with one attached hydrogen (secondary N) is 1. The Kier molecular flexibility index (Phi) is 8.35. The summed E-state index contributed by atoms with van der Waals surface area (Å²) in [5.41, 5.74) is 12.2. The van der Waals surface area contributed by atoms with Crippen LogP contribution in [0.25, 0.3) is 21.9 Å². The van der Waals surface area contributed by atoms with Crippen LogP contribution in [0.15, 0.2) is 77.9 Å². The van der Waals surface area contributed by atoms with E-state index in [9.17, 15) is 9.59 Å². The number of ether oxygens (including phenoxy) is 1. The lowest BCUT2D eigenvalue weighted by Gasteiger charge is -2.13. The van der Waals surface area contributed by atoms with Gasteiger partial charge in [0.15, 0.2) is 0 Å². The van der Waals surface area contributed by atoms with Gasteiger partial charge >= 0.3 is 5.97 Å². The van der Waals surface area contributed by atoms with Crippen LogP contribution in [-0.2, 0) is 17.6 Å². The number of amides is 1. The molecule has 8 heteroatoms. The summed E-state index contributed by atoms with van der Waals surface area (Å²) in [6.07, 6.45) is 5.78. The lowest BCUT2D eigenvalue weighted by molar-refractivity contribution is 0.0525. The Hall–Kier alpha value is -4.69. The normalized spacial score (nSPS) is 12.8. The summed E-state index contributed by atoms with van der Waals surface area (Å²) < 4.78 is 9.77. The molecule has 0 spiro atoms. The second-order valence-electron chi connectivity index (χ2n) is 11.1. The molecule has 224 valence electrons. The zero-order valence-electron chi connectivity index (χ0n) is 25.5. The van der Waals surface area contributed by atoms with Gasteiger partial charge in [-0.3, -0.25) is 4.79 Å². The molecule has 1 amide bonds. The van der Waals surface area contributed by atoms with Crippen LogP contribution in [0.2, 0.25) is 0 Å². The van der Waals surface area contributed by atoms with E-state index < -0.39 is 0 Å². The van der Waals surface area contributed by atoms with Crippen LogP contribution in [0.3, 0.4) is 0 Å². The van der Waals surface area contributed by atoms with Gasteiger partial charge in [0, 0.05) is 38.8 Å². The topological polar surface area (TPSA) is 77.6 Å². The maximum atomic E-state index is 13.1. The zero-order valence-corrected chi connectivity index (χ0v) is 26.3. The number of hydrogen-bond donors (Lipinski definition) is 1. The SMILES string of the molecule is CCOC(=O)c1c(-n2c(C)cc(/C=N/NC(=O)c3ccc(-n4c(C)ccc4-c4ccccc4)cc3)c2C)sc2c1CCCC2. The van der Waals surface area contributed by atoms with Gasteiger partial charge < -0.3 is 13.9 Å². The molecule has 44 heavy (non-hydrogen) atoms. The number of aromatic nitrogens is 2. The van der Waals surface area contributed by atoms with Crippen molar-refractivity contribution in [2.24, 2.45) is 5.10 Å². The first-order chi connectivity index (χ1) is 21.4. The van der Waals surface area contributed by atoms with Gasteiger partial charge in [-0.2, -0.15) is 5.10 Å². The van der Waals surface area contributed by atoms with Gasteiger partial charge in [0.25, 0.3) is 5.91 Å². The molecule has 3 heterocycles. The smallest absolute Gasteiger partial charge is 0.341 e. The minimum atomic E-state index is -0.287. The lowest BCUT2D eigenvalue weighted by atomic mass is 9.95. The number of carbonyl (C=O) groups excluding carboxylic acids is 2. The summed E-state index contributed by atoms with van der Waals surface area (Å²) in [4.78, 5) is 27.3. The van der Waals surface area contributed by atoms with Crippen molar-refractivity contribution in [2.45, 2.75) is 53.4 Å². The van der Waals surface area contributed by atoms with E-state index in [1.807, 2.05) is 69.3 Å². The predicted molar refractivity (Wildman–Crippen MR) is 177 cm³/mol. The fourth-order valence-corrected chi connectivity index (χ4v) is 7.54. The van der Waals surface area contributed by atoms with Crippen molar-refractivity contribution in [1.82, 2.24) is 14.6 Å². The highest BCUT2D eigenvalue weighted by Crippen LogP contribution is 2.39. The third kappa shape index (κ3) is 5.53. The molecule has 0 aliphatic heterocycles. The first-order valence-corrected chi connectivity index (χ1v) is 15.9. The van der Waals surface area contributed by atoms with Crippen LogP contribution in [0.5, 0.6) is 0 Å². The van der Waals surface area contributed by atoms with Crippen molar-refractivity contribution in [3.63, 3.8) is 0 Å². The summed E-state index contributed by atoms with van der Waals surface area (Å²) in [5, 5.41) is 5.19. The molecule has 7 nitrogen and oxygen atoms in total. The van der Waals surface area contributed by atoms with E-state index in [1.54, 1.807) is 17.6 Å². The summed E-state index contributed by atoms with van der Waals surface area (Å²) in [6.45, 7) is 8.28. The van der Waals surface area contributed by atoms with Crippen molar-refractivity contribution >= 4 is 29.4 Å². The molecule has 3 aromatic heterocycles. The Bertz CT molecular complexity index is 1860. The van der Waals surface area contributed by atoms with E-state index in [1.165, 1.54) is 4.88 Å². The molecule has 1 aliphatic carbocycles. The zero-order chi connectivity index (χ0) is 30.8. The van der Waals surface area contributed by atoms with Gasteiger partial charge in [0.2, 0.25) is 0 Å². The highest BCUT2D eigenvalue weighted by Gasteiger charge is 2.28. The third-order valence-corrected chi connectivity index (χ3v) is 9.49. The van der Waals surface area contributed by atoms with E-state index in [0.29, 0.717) is 17.7 Å². The highest BCUT2D eigenvalue weighted by atomic mass is 32.1. The Morgan fingerprint density at radius 1 is 0.932 bits per heavy atom. The first kappa shape index (κ1) is 29.4. The molecule has 0 saturated heterocycles. The monoisotopic (exact) mass is 604 g/mol. The number of carbonyl (C=O) groups is 2. The fourth-order valence-electron chi connectivity index (χ4n) is 6.06. The number of fused-ring (bicyclic) bond motifs is 1. The first-order valence-electron chi connectivity index (χ1n) is 15.1. The average Bonchev–Trinajstić information content (AvgIpc) is 3.69. The number of nitrogens with zero attached hydrogens (tertiary/aromatic N) is 3. The van der Waals surface area contributed by atoms with E-state index in [-0.39, 0.29) is 11.9 Å². The van der Waals surface area contributed by atoms with Crippen molar-refractivity contribution in [2.75, 3.05) is 6.61 Å². The van der Waals surface area contributed by atoms with Crippen LogP contribution in [0.1, 0.15) is 73.6 Å². The van der Waals surface area contributed by atoms with Crippen molar-refractivity contribution < 1.29 is 14.3 Å².